The van der Waals surface area contributed by atoms with Crippen LogP contribution in [0.1, 0.15) is 26.7 Å². The third-order valence-corrected chi connectivity index (χ3v) is 6.19. The minimum Gasteiger partial charge on any atom is -0.389 e. The number of hydrogen-bond donors (Lipinski definition) is 2. The molecule has 2 aliphatic rings. The van der Waals surface area contributed by atoms with Gasteiger partial charge >= 0.3 is 0 Å². The van der Waals surface area contributed by atoms with Crippen LogP contribution in [-0.4, -0.2) is 82.4 Å². The summed E-state index contributed by atoms with van der Waals surface area (Å²) in [6.07, 6.45) is 2.43. The van der Waals surface area contributed by atoms with Crippen molar-refractivity contribution in [2.24, 2.45) is 0 Å². The largest absolute Gasteiger partial charge is 0.389 e. The Morgan fingerprint density at radius 1 is 1.11 bits per heavy atom. The molecule has 3 heterocycles. The number of aliphatic hydroxyl groups is 1. The number of imidazole rings is 1. The SMILES string of the molecule is CN1CCN(C2CCN(c3ccc4nc(N)n(CC(C)(C)O)c4c3)CC2)CC1. The lowest BCUT2D eigenvalue weighted by molar-refractivity contribution is 0.0633. The Balaban J connectivity index is 1.47. The van der Waals surface area contributed by atoms with Crippen molar-refractivity contribution in [2.45, 2.75) is 44.9 Å². The Bertz CT molecular complexity index is 810. The van der Waals surface area contributed by atoms with Gasteiger partial charge in [0.25, 0.3) is 0 Å². The van der Waals surface area contributed by atoms with Crippen molar-refractivity contribution >= 4 is 22.7 Å². The Labute approximate surface area is 167 Å². The maximum atomic E-state index is 10.2. The van der Waals surface area contributed by atoms with Crippen LogP contribution < -0.4 is 10.6 Å². The van der Waals surface area contributed by atoms with Crippen LogP contribution >= 0.6 is 0 Å². The molecule has 7 heteroatoms. The fraction of sp³-hybridized carbons (Fsp3) is 0.667. The summed E-state index contributed by atoms with van der Waals surface area (Å²) >= 11 is 0. The molecule has 0 amide bonds. The number of nitrogens with two attached hydrogens (primary N) is 1. The van der Waals surface area contributed by atoms with E-state index in [1.54, 1.807) is 13.8 Å². The molecule has 4 rings (SSSR count). The second-order valence-electron chi connectivity index (χ2n) is 9.10. The second-order valence-corrected chi connectivity index (χ2v) is 9.10. The molecule has 0 bridgehead atoms. The molecule has 28 heavy (non-hydrogen) atoms. The topological polar surface area (TPSA) is 73.8 Å². The van der Waals surface area contributed by atoms with Crippen molar-refractivity contribution < 1.29 is 5.11 Å². The van der Waals surface area contributed by atoms with Gasteiger partial charge in [0.2, 0.25) is 5.95 Å². The lowest BCUT2D eigenvalue weighted by atomic mass is 10.0. The number of nitrogens with zero attached hydrogens (tertiary/aromatic N) is 5. The fourth-order valence-electron chi connectivity index (χ4n) is 4.56. The summed E-state index contributed by atoms with van der Waals surface area (Å²) in [5.74, 6) is 0.461. The quantitative estimate of drug-likeness (QED) is 0.832. The first-order chi connectivity index (χ1) is 13.3. The van der Waals surface area contributed by atoms with Gasteiger partial charge in [-0.05, 0) is 51.9 Å². The molecule has 0 saturated carbocycles. The molecule has 2 aromatic rings. The zero-order valence-corrected chi connectivity index (χ0v) is 17.4. The number of nitrogen functional groups attached to an aromatic ring is 1. The first-order valence-electron chi connectivity index (χ1n) is 10.5. The van der Waals surface area contributed by atoms with E-state index in [4.69, 9.17) is 5.73 Å². The average Bonchev–Trinajstić information content (AvgIpc) is 2.96. The number of anilines is 2. The van der Waals surface area contributed by atoms with Crippen molar-refractivity contribution in [3.05, 3.63) is 18.2 Å². The van der Waals surface area contributed by atoms with Crippen LogP contribution in [0.25, 0.3) is 11.0 Å². The van der Waals surface area contributed by atoms with E-state index >= 15 is 0 Å². The molecule has 2 aliphatic heterocycles. The molecular weight excluding hydrogens is 352 g/mol. The van der Waals surface area contributed by atoms with Crippen molar-refractivity contribution in [3.8, 4) is 0 Å². The van der Waals surface area contributed by atoms with E-state index < -0.39 is 5.60 Å². The zero-order chi connectivity index (χ0) is 19.9. The van der Waals surface area contributed by atoms with E-state index in [1.165, 1.54) is 44.7 Å². The highest BCUT2D eigenvalue weighted by atomic mass is 16.3. The van der Waals surface area contributed by atoms with Gasteiger partial charge in [-0.3, -0.25) is 4.90 Å². The normalized spacial score (nSPS) is 20.9. The van der Waals surface area contributed by atoms with Crippen LogP contribution in [0.3, 0.4) is 0 Å². The van der Waals surface area contributed by atoms with Crippen LogP contribution in [0.5, 0.6) is 0 Å². The Kier molecular flexibility index (Phi) is 5.24. The van der Waals surface area contributed by atoms with Gasteiger partial charge in [0.1, 0.15) is 0 Å². The van der Waals surface area contributed by atoms with Crippen molar-refractivity contribution in [2.75, 3.05) is 56.9 Å². The predicted molar refractivity (Wildman–Crippen MR) is 115 cm³/mol. The van der Waals surface area contributed by atoms with Crippen LogP contribution in [-0.2, 0) is 6.54 Å². The molecule has 0 atom stereocenters. The van der Waals surface area contributed by atoms with Gasteiger partial charge < -0.3 is 25.2 Å². The summed E-state index contributed by atoms with van der Waals surface area (Å²) in [6, 6.07) is 7.10. The molecule has 1 aromatic heterocycles. The van der Waals surface area contributed by atoms with Gasteiger partial charge in [-0.2, -0.15) is 0 Å². The first-order valence-corrected chi connectivity index (χ1v) is 10.5. The zero-order valence-electron chi connectivity index (χ0n) is 17.4. The molecule has 154 valence electrons. The highest BCUT2D eigenvalue weighted by Gasteiger charge is 2.27. The molecule has 7 nitrogen and oxygen atoms in total. The molecule has 2 fully saturated rings. The molecule has 0 spiro atoms. The number of rotatable bonds is 4. The molecule has 2 saturated heterocycles. The van der Waals surface area contributed by atoms with Crippen LogP contribution in [0.2, 0.25) is 0 Å². The third kappa shape index (κ3) is 4.11. The fourth-order valence-corrected chi connectivity index (χ4v) is 4.56. The van der Waals surface area contributed by atoms with E-state index in [-0.39, 0.29) is 0 Å². The molecule has 0 aliphatic carbocycles. The number of benzene rings is 1. The first kappa shape index (κ1) is 19.5. The van der Waals surface area contributed by atoms with E-state index in [1.807, 2.05) is 4.57 Å². The Morgan fingerprint density at radius 2 is 1.79 bits per heavy atom. The minimum atomic E-state index is -0.835. The molecular formula is C21H34N6O. The summed E-state index contributed by atoms with van der Waals surface area (Å²) in [5.41, 5.74) is 8.39. The van der Waals surface area contributed by atoms with Gasteiger partial charge in [0.15, 0.2) is 0 Å². The Morgan fingerprint density at radius 3 is 2.43 bits per heavy atom. The maximum absolute atomic E-state index is 10.2. The summed E-state index contributed by atoms with van der Waals surface area (Å²) in [6.45, 7) is 11.0. The van der Waals surface area contributed by atoms with Gasteiger partial charge in [-0.25, -0.2) is 4.98 Å². The van der Waals surface area contributed by atoms with E-state index in [2.05, 4.69) is 44.9 Å². The molecule has 0 unspecified atom stereocenters. The number of fused-ring (bicyclic) bond motifs is 1. The standard InChI is InChI=1S/C21H34N6O/c1-21(2,28)15-27-19-14-17(4-5-18(19)23-20(27)22)25-8-6-16(7-9-25)26-12-10-24(3)11-13-26/h4-5,14,16,28H,6-13,15H2,1-3H3,(H2,22,23). The van der Waals surface area contributed by atoms with Gasteiger partial charge in [-0.1, -0.05) is 0 Å². The summed E-state index contributed by atoms with van der Waals surface area (Å²) in [4.78, 5) is 12.0. The van der Waals surface area contributed by atoms with Crippen LogP contribution in [0.15, 0.2) is 18.2 Å². The average molecular weight is 387 g/mol. The van der Waals surface area contributed by atoms with Gasteiger partial charge in [0.05, 0.1) is 23.2 Å². The maximum Gasteiger partial charge on any atom is 0.201 e. The lowest BCUT2D eigenvalue weighted by Crippen LogP contribution is -2.52. The van der Waals surface area contributed by atoms with Crippen LogP contribution in [0.4, 0.5) is 11.6 Å². The third-order valence-electron chi connectivity index (χ3n) is 6.19. The van der Waals surface area contributed by atoms with Crippen molar-refractivity contribution in [1.29, 1.82) is 0 Å². The molecule has 1 aromatic carbocycles. The second kappa shape index (κ2) is 7.54. The molecule has 0 radical (unpaired) electrons. The predicted octanol–water partition coefficient (Wildman–Crippen LogP) is 1.61. The van der Waals surface area contributed by atoms with E-state index in [0.29, 0.717) is 18.5 Å². The molecule has 3 N–H and O–H groups in total. The number of hydrogen-bond acceptors (Lipinski definition) is 6. The summed E-state index contributed by atoms with van der Waals surface area (Å²) in [7, 11) is 2.21. The highest BCUT2D eigenvalue weighted by Crippen LogP contribution is 2.28. The minimum absolute atomic E-state index is 0.435. The number of piperazine rings is 1. The number of aromatic nitrogens is 2. The van der Waals surface area contributed by atoms with Crippen molar-refractivity contribution in [1.82, 2.24) is 19.4 Å². The smallest absolute Gasteiger partial charge is 0.201 e. The summed E-state index contributed by atoms with van der Waals surface area (Å²) in [5, 5.41) is 10.2. The van der Waals surface area contributed by atoms with E-state index in [0.717, 1.165) is 24.1 Å². The van der Waals surface area contributed by atoms with Gasteiger partial charge in [-0.15, -0.1) is 0 Å². The number of piperidine rings is 1. The Hall–Kier alpha value is -1.83. The summed E-state index contributed by atoms with van der Waals surface area (Å²) < 4.78 is 1.93. The van der Waals surface area contributed by atoms with Crippen LogP contribution in [0, 0.1) is 0 Å². The number of likely N-dealkylation sites (N-methyl/N-ethyl adjacent to an activating group) is 1. The highest BCUT2D eigenvalue weighted by molar-refractivity contribution is 5.82. The monoisotopic (exact) mass is 386 g/mol. The van der Waals surface area contributed by atoms with E-state index in [9.17, 15) is 5.11 Å². The van der Waals surface area contributed by atoms with Gasteiger partial charge in [0, 0.05) is 51.0 Å². The van der Waals surface area contributed by atoms with Crippen molar-refractivity contribution in [3.63, 3.8) is 0 Å². The lowest BCUT2D eigenvalue weighted by Gasteiger charge is -2.42.